The Bertz CT molecular complexity index is 1100. The number of ether oxygens (including phenoxy) is 1. The summed E-state index contributed by atoms with van der Waals surface area (Å²) in [6.45, 7) is 4.11. The van der Waals surface area contributed by atoms with Crippen LogP contribution in [0.1, 0.15) is 21.1 Å². The molecule has 0 aliphatic carbocycles. The van der Waals surface area contributed by atoms with E-state index in [2.05, 4.69) is 27.5 Å². The van der Waals surface area contributed by atoms with Crippen molar-refractivity contribution in [2.45, 2.75) is 20.6 Å². The number of nitrogens with zero attached hydrogens (tertiary/aromatic N) is 3. The Morgan fingerprint density at radius 2 is 1.76 bits per heavy atom. The van der Waals surface area contributed by atoms with Crippen molar-refractivity contribution >= 4 is 22.4 Å². The van der Waals surface area contributed by atoms with Crippen LogP contribution in [0.5, 0.6) is 5.75 Å². The molecule has 0 atom stereocenters. The van der Waals surface area contributed by atoms with Gasteiger partial charge in [-0.15, -0.1) is 11.3 Å². The van der Waals surface area contributed by atoms with Crippen LogP contribution in [-0.4, -0.2) is 20.7 Å². The van der Waals surface area contributed by atoms with Crippen LogP contribution in [0.25, 0.3) is 11.1 Å². The number of amides is 1. The van der Waals surface area contributed by atoms with E-state index in [0.717, 1.165) is 27.4 Å². The highest BCUT2D eigenvalue weighted by Crippen LogP contribution is 2.23. The fourth-order valence-electron chi connectivity index (χ4n) is 2.76. The molecule has 0 bridgehead atoms. The van der Waals surface area contributed by atoms with E-state index < -0.39 is 0 Å². The van der Waals surface area contributed by atoms with Gasteiger partial charge >= 0.3 is 0 Å². The molecular weight excluding hydrogens is 384 g/mol. The number of anilines is 1. The molecule has 2 aromatic heterocycles. The maximum absolute atomic E-state index is 12.3. The summed E-state index contributed by atoms with van der Waals surface area (Å²) in [5.74, 6) is 0.449. The Balaban J connectivity index is 1.35. The predicted octanol–water partition coefficient (Wildman–Crippen LogP) is 4.91. The van der Waals surface area contributed by atoms with E-state index in [1.807, 2.05) is 56.3 Å². The molecule has 0 saturated heterocycles. The highest BCUT2D eigenvalue weighted by atomic mass is 32.1. The second-order valence-electron chi connectivity index (χ2n) is 6.52. The first-order chi connectivity index (χ1) is 14.1. The molecule has 0 fully saturated rings. The van der Waals surface area contributed by atoms with Crippen molar-refractivity contribution in [1.29, 1.82) is 0 Å². The first-order valence-electron chi connectivity index (χ1n) is 9.15. The van der Waals surface area contributed by atoms with Crippen LogP contribution in [-0.2, 0) is 6.73 Å². The maximum Gasteiger partial charge on any atom is 0.277 e. The van der Waals surface area contributed by atoms with Gasteiger partial charge in [0.2, 0.25) is 0 Å². The van der Waals surface area contributed by atoms with E-state index in [0.29, 0.717) is 10.8 Å². The Labute approximate surface area is 172 Å². The summed E-state index contributed by atoms with van der Waals surface area (Å²) in [5.41, 5.74) is 3.53. The molecule has 146 valence electrons. The zero-order chi connectivity index (χ0) is 20.2. The van der Waals surface area contributed by atoms with Gasteiger partial charge in [0, 0.05) is 11.1 Å². The average Bonchev–Trinajstić information content (AvgIpc) is 3.34. The number of carbonyl (C=O) groups excluding carboxylic acids is 1. The fraction of sp³-hybridized carbons (Fsp3) is 0.136. The van der Waals surface area contributed by atoms with Crippen molar-refractivity contribution in [3.05, 3.63) is 83.1 Å². The molecule has 0 spiro atoms. The summed E-state index contributed by atoms with van der Waals surface area (Å²) in [5, 5.41) is 7.63. The molecule has 0 radical (unpaired) electrons. The molecule has 0 saturated carbocycles. The minimum atomic E-state index is -0.287. The number of benzene rings is 2. The van der Waals surface area contributed by atoms with Gasteiger partial charge in [-0.3, -0.25) is 10.1 Å². The molecule has 2 aromatic carbocycles. The van der Waals surface area contributed by atoms with E-state index in [9.17, 15) is 4.79 Å². The zero-order valence-corrected chi connectivity index (χ0v) is 16.9. The quantitative estimate of drug-likeness (QED) is 0.496. The molecule has 6 nitrogen and oxygen atoms in total. The number of nitrogens with one attached hydrogen (secondary N) is 1. The van der Waals surface area contributed by atoms with E-state index in [4.69, 9.17) is 4.74 Å². The normalized spacial score (nSPS) is 10.7. The lowest BCUT2D eigenvalue weighted by Crippen LogP contribution is -2.14. The fourth-order valence-corrected chi connectivity index (χ4v) is 3.57. The minimum Gasteiger partial charge on any atom is -0.471 e. The lowest BCUT2D eigenvalue weighted by Gasteiger charge is -2.07. The van der Waals surface area contributed by atoms with Gasteiger partial charge < -0.3 is 4.74 Å². The lowest BCUT2D eigenvalue weighted by atomic mass is 10.1. The molecule has 0 aliphatic rings. The molecule has 1 amide bonds. The first kappa shape index (κ1) is 18.9. The number of hydrogen-bond acceptors (Lipinski definition) is 5. The topological polar surface area (TPSA) is 69.0 Å². The van der Waals surface area contributed by atoms with Crippen molar-refractivity contribution in [3.8, 4) is 16.9 Å². The average molecular weight is 404 g/mol. The summed E-state index contributed by atoms with van der Waals surface area (Å²) < 4.78 is 7.35. The summed E-state index contributed by atoms with van der Waals surface area (Å²) in [4.78, 5) is 17.7. The number of aryl methyl sites for hydroxylation is 2. The van der Waals surface area contributed by atoms with Crippen molar-refractivity contribution in [3.63, 3.8) is 0 Å². The summed E-state index contributed by atoms with van der Waals surface area (Å²) in [7, 11) is 0. The van der Waals surface area contributed by atoms with E-state index in [-0.39, 0.29) is 12.6 Å². The summed E-state index contributed by atoms with van der Waals surface area (Å²) in [6.07, 6.45) is 1.71. The first-order valence-corrected chi connectivity index (χ1v) is 9.97. The number of carbonyl (C=O) groups is 1. The highest BCUT2D eigenvalue weighted by molar-refractivity contribution is 7.15. The van der Waals surface area contributed by atoms with Crippen LogP contribution in [0.4, 0.5) is 5.13 Å². The van der Waals surface area contributed by atoms with Gasteiger partial charge in [0.05, 0.1) is 5.69 Å². The molecule has 7 heteroatoms. The molecule has 0 unspecified atom stereocenters. The number of hydrogen-bond donors (Lipinski definition) is 1. The smallest absolute Gasteiger partial charge is 0.277 e. The van der Waals surface area contributed by atoms with E-state index >= 15 is 0 Å². The van der Waals surface area contributed by atoms with Gasteiger partial charge in [-0.2, -0.15) is 5.10 Å². The van der Waals surface area contributed by atoms with Gasteiger partial charge in [-0.05, 0) is 43.2 Å². The Morgan fingerprint density at radius 3 is 2.45 bits per heavy atom. The van der Waals surface area contributed by atoms with Gasteiger partial charge in [0.1, 0.15) is 5.75 Å². The van der Waals surface area contributed by atoms with Crippen LogP contribution in [0, 0.1) is 13.8 Å². The van der Waals surface area contributed by atoms with Crippen LogP contribution >= 0.6 is 11.3 Å². The molecule has 2 heterocycles. The molecule has 29 heavy (non-hydrogen) atoms. The third-order valence-corrected chi connectivity index (χ3v) is 5.44. The third kappa shape index (κ3) is 4.52. The molecular formula is C22H20N4O2S. The van der Waals surface area contributed by atoms with Crippen LogP contribution in [0.3, 0.4) is 0 Å². The molecule has 0 aliphatic heterocycles. The van der Waals surface area contributed by atoms with E-state index in [1.54, 1.807) is 16.9 Å². The van der Waals surface area contributed by atoms with Gasteiger partial charge in [0.25, 0.3) is 5.91 Å². The summed E-state index contributed by atoms with van der Waals surface area (Å²) >= 11 is 1.45. The predicted molar refractivity (Wildman–Crippen MR) is 114 cm³/mol. The Hall–Kier alpha value is -3.45. The SMILES string of the molecule is Cc1nc(NC(=O)c2ccn(COc3ccc(-c4ccccc4)cc3)n2)sc1C. The largest absolute Gasteiger partial charge is 0.471 e. The zero-order valence-electron chi connectivity index (χ0n) is 16.1. The molecule has 4 rings (SSSR count). The monoisotopic (exact) mass is 404 g/mol. The Morgan fingerprint density at radius 1 is 1.03 bits per heavy atom. The third-order valence-electron chi connectivity index (χ3n) is 4.45. The number of rotatable bonds is 6. The lowest BCUT2D eigenvalue weighted by molar-refractivity contribution is 0.102. The highest BCUT2D eigenvalue weighted by Gasteiger charge is 2.13. The minimum absolute atomic E-state index is 0.216. The van der Waals surface area contributed by atoms with Gasteiger partial charge in [0.15, 0.2) is 17.6 Å². The number of aromatic nitrogens is 3. The number of thiazole rings is 1. The van der Waals surface area contributed by atoms with Crippen molar-refractivity contribution in [1.82, 2.24) is 14.8 Å². The second kappa shape index (κ2) is 8.28. The molecule has 1 N–H and O–H groups in total. The van der Waals surface area contributed by atoms with Crippen LogP contribution in [0.2, 0.25) is 0 Å². The maximum atomic E-state index is 12.3. The van der Waals surface area contributed by atoms with Gasteiger partial charge in [-0.1, -0.05) is 42.5 Å². The Kier molecular flexibility index (Phi) is 5.39. The van der Waals surface area contributed by atoms with Crippen molar-refractivity contribution in [2.75, 3.05) is 5.32 Å². The van der Waals surface area contributed by atoms with E-state index in [1.165, 1.54) is 11.3 Å². The van der Waals surface area contributed by atoms with Crippen molar-refractivity contribution in [2.24, 2.45) is 0 Å². The van der Waals surface area contributed by atoms with Crippen molar-refractivity contribution < 1.29 is 9.53 Å². The van der Waals surface area contributed by atoms with Crippen LogP contribution in [0.15, 0.2) is 66.9 Å². The second-order valence-corrected chi connectivity index (χ2v) is 7.72. The standard InChI is InChI=1S/C22H20N4O2S/c1-15-16(2)29-22(23-15)24-21(27)20-12-13-26(25-20)14-28-19-10-8-18(9-11-19)17-6-4-3-5-7-17/h3-13H,14H2,1-2H3,(H,23,24,27). The molecule has 4 aromatic rings. The summed E-state index contributed by atoms with van der Waals surface area (Å²) in [6, 6.07) is 19.7. The van der Waals surface area contributed by atoms with Crippen LogP contribution < -0.4 is 10.1 Å². The van der Waals surface area contributed by atoms with Gasteiger partial charge in [-0.25, -0.2) is 9.67 Å².